The van der Waals surface area contributed by atoms with Crippen LogP contribution in [0.15, 0.2) is 30.5 Å². The second-order valence-electron chi connectivity index (χ2n) is 6.12. The van der Waals surface area contributed by atoms with Crippen molar-refractivity contribution in [3.05, 3.63) is 41.8 Å². The van der Waals surface area contributed by atoms with E-state index in [4.69, 9.17) is 10.5 Å². The number of hydrogen-bond donors (Lipinski definition) is 1. The van der Waals surface area contributed by atoms with E-state index in [1.807, 2.05) is 0 Å². The average molecular weight is 358 g/mol. The molecule has 1 saturated heterocycles. The van der Waals surface area contributed by atoms with E-state index in [0.29, 0.717) is 30.6 Å². The number of benzene rings is 1. The molecule has 1 aromatic carbocycles. The molecule has 1 aromatic heterocycles. The third-order valence-electron chi connectivity index (χ3n) is 4.38. The van der Waals surface area contributed by atoms with Crippen LogP contribution in [-0.2, 0) is 4.79 Å². The molecular weight excluding hydrogens is 339 g/mol. The number of nitrogens with zero attached hydrogens (tertiary/aromatic N) is 3. The average Bonchev–Trinajstić information content (AvgIpc) is 2.68. The predicted octanol–water partition coefficient (Wildman–Crippen LogP) is 1.63. The lowest BCUT2D eigenvalue weighted by atomic mass is 9.96. The molecule has 2 aromatic rings. The molecule has 0 saturated carbocycles. The van der Waals surface area contributed by atoms with Crippen molar-refractivity contribution in [3.8, 4) is 17.3 Å². The van der Waals surface area contributed by atoms with Crippen molar-refractivity contribution < 1.29 is 18.7 Å². The summed E-state index contributed by atoms with van der Waals surface area (Å²) in [6.45, 7) is 0.896. The Morgan fingerprint density at radius 3 is 2.92 bits per heavy atom. The van der Waals surface area contributed by atoms with E-state index in [0.717, 1.165) is 12.6 Å². The Bertz CT molecular complexity index is 843. The van der Waals surface area contributed by atoms with Crippen molar-refractivity contribution in [2.75, 3.05) is 20.2 Å². The molecule has 7 nitrogen and oxygen atoms in total. The van der Waals surface area contributed by atoms with E-state index in [-0.39, 0.29) is 29.4 Å². The van der Waals surface area contributed by atoms with Gasteiger partial charge in [0.15, 0.2) is 5.82 Å². The Morgan fingerprint density at radius 2 is 2.19 bits per heavy atom. The SMILES string of the molecule is COc1nc(-c2cccc(C(=O)N3CCC[C@H](C(N)=O)C3)c2)ncc1F. The zero-order chi connectivity index (χ0) is 18.7. The first kappa shape index (κ1) is 17.8. The van der Waals surface area contributed by atoms with Crippen molar-refractivity contribution in [2.24, 2.45) is 11.7 Å². The fraction of sp³-hybridized carbons (Fsp3) is 0.333. The van der Waals surface area contributed by atoms with Gasteiger partial charge in [0.05, 0.1) is 19.2 Å². The number of methoxy groups -OCH3 is 1. The van der Waals surface area contributed by atoms with Crippen LogP contribution in [0.5, 0.6) is 5.88 Å². The van der Waals surface area contributed by atoms with Crippen molar-refractivity contribution in [2.45, 2.75) is 12.8 Å². The maximum atomic E-state index is 13.5. The minimum Gasteiger partial charge on any atom is -0.479 e. The number of halogens is 1. The van der Waals surface area contributed by atoms with Crippen LogP contribution in [0.2, 0.25) is 0 Å². The van der Waals surface area contributed by atoms with Gasteiger partial charge in [0.1, 0.15) is 0 Å². The highest BCUT2D eigenvalue weighted by Gasteiger charge is 2.27. The molecule has 0 spiro atoms. The summed E-state index contributed by atoms with van der Waals surface area (Å²) in [7, 11) is 1.32. The van der Waals surface area contributed by atoms with E-state index < -0.39 is 5.82 Å². The minimum absolute atomic E-state index is 0.160. The number of aromatic nitrogens is 2. The third kappa shape index (κ3) is 3.63. The lowest BCUT2D eigenvalue weighted by Crippen LogP contribution is -2.44. The summed E-state index contributed by atoms with van der Waals surface area (Å²) in [4.78, 5) is 33.8. The van der Waals surface area contributed by atoms with Crippen molar-refractivity contribution in [1.29, 1.82) is 0 Å². The lowest BCUT2D eigenvalue weighted by Gasteiger charge is -2.31. The van der Waals surface area contributed by atoms with Gasteiger partial charge >= 0.3 is 0 Å². The normalized spacial score (nSPS) is 17.0. The van der Waals surface area contributed by atoms with Crippen LogP contribution in [0.25, 0.3) is 11.4 Å². The smallest absolute Gasteiger partial charge is 0.253 e. The highest BCUT2D eigenvalue weighted by Crippen LogP contribution is 2.23. The molecule has 136 valence electrons. The molecule has 8 heteroatoms. The zero-order valence-corrected chi connectivity index (χ0v) is 14.3. The van der Waals surface area contributed by atoms with Crippen LogP contribution in [-0.4, -0.2) is 46.9 Å². The summed E-state index contributed by atoms with van der Waals surface area (Å²) < 4.78 is 18.4. The Balaban J connectivity index is 1.85. The number of ether oxygens (including phenoxy) is 1. The van der Waals surface area contributed by atoms with Crippen LogP contribution in [0.3, 0.4) is 0 Å². The van der Waals surface area contributed by atoms with Gasteiger partial charge in [0.2, 0.25) is 11.7 Å². The van der Waals surface area contributed by atoms with Gasteiger partial charge in [-0.25, -0.2) is 4.98 Å². The zero-order valence-electron chi connectivity index (χ0n) is 14.3. The van der Waals surface area contributed by atoms with Crippen LogP contribution in [0.4, 0.5) is 4.39 Å². The molecule has 1 aliphatic rings. The molecule has 2 N–H and O–H groups in total. The van der Waals surface area contributed by atoms with Gasteiger partial charge < -0.3 is 15.4 Å². The van der Waals surface area contributed by atoms with E-state index in [1.54, 1.807) is 29.2 Å². The van der Waals surface area contributed by atoms with Gasteiger partial charge in [0.25, 0.3) is 11.8 Å². The van der Waals surface area contributed by atoms with E-state index in [9.17, 15) is 14.0 Å². The van der Waals surface area contributed by atoms with Gasteiger partial charge in [-0.3, -0.25) is 9.59 Å². The molecular formula is C18H19FN4O3. The number of rotatable bonds is 4. The number of carbonyl (C=O) groups is 2. The van der Waals surface area contributed by atoms with Gasteiger partial charge in [-0.2, -0.15) is 9.37 Å². The van der Waals surface area contributed by atoms with Crippen LogP contribution in [0, 0.1) is 11.7 Å². The van der Waals surface area contributed by atoms with Gasteiger partial charge in [-0.1, -0.05) is 12.1 Å². The standard InChI is InChI=1S/C18H19FN4O3/c1-26-17-14(19)9-21-16(22-17)11-4-2-5-12(8-11)18(25)23-7-3-6-13(10-23)15(20)24/h2,4-5,8-9,13H,3,6-7,10H2,1H3,(H2,20,24)/t13-/m0/s1. The Labute approximate surface area is 150 Å². The molecule has 0 bridgehead atoms. The molecule has 1 atom stereocenters. The van der Waals surface area contributed by atoms with Gasteiger partial charge in [-0.05, 0) is 25.0 Å². The molecule has 3 rings (SSSR count). The van der Waals surface area contributed by atoms with E-state index >= 15 is 0 Å². The molecule has 0 radical (unpaired) electrons. The lowest BCUT2D eigenvalue weighted by molar-refractivity contribution is -0.123. The van der Waals surface area contributed by atoms with E-state index in [2.05, 4.69) is 9.97 Å². The number of nitrogens with two attached hydrogens (primary N) is 1. The summed E-state index contributed by atoms with van der Waals surface area (Å²) in [5.74, 6) is -1.46. The number of carbonyl (C=O) groups excluding carboxylic acids is 2. The predicted molar refractivity (Wildman–Crippen MR) is 91.8 cm³/mol. The fourth-order valence-corrected chi connectivity index (χ4v) is 3.00. The monoisotopic (exact) mass is 358 g/mol. The number of hydrogen-bond acceptors (Lipinski definition) is 5. The fourth-order valence-electron chi connectivity index (χ4n) is 3.00. The number of amides is 2. The summed E-state index contributed by atoms with van der Waals surface area (Å²) in [5, 5.41) is 0. The van der Waals surface area contributed by atoms with Gasteiger partial charge in [0, 0.05) is 24.2 Å². The first-order valence-corrected chi connectivity index (χ1v) is 8.25. The Kier molecular flexibility index (Phi) is 5.11. The molecule has 1 fully saturated rings. The van der Waals surface area contributed by atoms with Crippen LogP contribution >= 0.6 is 0 Å². The largest absolute Gasteiger partial charge is 0.479 e. The van der Waals surface area contributed by atoms with E-state index in [1.165, 1.54) is 7.11 Å². The highest BCUT2D eigenvalue weighted by atomic mass is 19.1. The van der Waals surface area contributed by atoms with Crippen molar-refractivity contribution in [1.82, 2.24) is 14.9 Å². The molecule has 1 aliphatic heterocycles. The van der Waals surface area contributed by atoms with Crippen molar-refractivity contribution >= 4 is 11.8 Å². The number of likely N-dealkylation sites (tertiary alicyclic amines) is 1. The highest BCUT2D eigenvalue weighted by molar-refractivity contribution is 5.95. The van der Waals surface area contributed by atoms with Crippen molar-refractivity contribution in [3.63, 3.8) is 0 Å². The second-order valence-corrected chi connectivity index (χ2v) is 6.12. The summed E-state index contributed by atoms with van der Waals surface area (Å²) >= 11 is 0. The second kappa shape index (κ2) is 7.47. The minimum atomic E-state index is -0.658. The third-order valence-corrected chi connectivity index (χ3v) is 4.38. The molecule has 2 heterocycles. The van der Waals surface area contributed by atoms with Gasteiger partial charge in [-0.15, -0.1) is 0 Å². The van der Waals surface area contributed by atoms with Crippen LogP contribution < -0.4 is 10.5 Å². The molecule has 2 amide bonds. The summed E-state index contributed by atoms with van der Waals surface area (Å²) in [6.07, 6.45) is 2.46. The molecule has 0 unspecified atom stereocenters. The topological polar surface area (TPSA) is 98.4 Å². The molecule has 26 heavy (non-hydrogen) atoms. The first-order valence-electron chi connectivity index (χ1n) is 8.25. The Hall–Kier alpha value is -3.03. The summed E-state index contributed by atoms with van der Waals surface area (Å²) in [5.41, 5.74) is 6.38. The quantitative estimate of drug-likeness (QED) is 0.896. The number of piperidine rings is 1. The molecule has 0 aliphatic carbocycles. The number of primary amides is 1. The maximum Gasteiger partial charge on any atom is 0.253 e. The van der Waals surface area contributed by atoms with Crippen LogP contribution in [0.1, 0.15) is 23.2 Å². The Morgan fingerprint density at radius 1 is 1.38 bits per heavy atom. The maximum absolute atomic E-state index is 13.5. The summed E-state index contributed by atoms with van der Waals surface area (Å²) in [6, 6.07) is 6.76. The first-order chi connectivity index (χ1) is 12.5.